The zero-order valence-electron chi connectivity index (χ0n) is 10.5. The highest BCUT2D eigenvalue weighted by Gasteiger charge is 2.08. The molecular weight excluding hydrogens is 315 g/mol. The van der Waals surface area contributed by atoms with Gasteiger partial charge in [-0.15, -0.1) is 0 Å². The SMILES string of the molecule is O=C(N/N=C/c1cc(O)c(O)c(Cl)c1)c1ccccc1Cl. The summed E-state index contributed by atoms with van der Waals surface area (Å²) in [6, 6.07) is 9.20. The third-order valence-corrected chi connectivity index (χ3v) is 3.18. The van der Waals surface area contributed by atoms with Crippen LogP contribution in [-0.2, 0) is 0 Å². The maximum Gasteiger partial charge on any atom is 0.272 e. The summed E-state index contributed by atoms with van der Waals surface area (Å²) < 4.78 is 0. The lowest BCUT2D eigenvalue weighted by molar-refractivity contribution is 0.0955. The lowest BCUT2D eigenvalue weighted by Crippen LogP contribution is -2.17. The molecule has 2 rings (SSSR count). The molecule has 0 saturated carbocycles. The number of phenols is 2. The summed E-state index contributed by atoms with van der Waals surface area (Å²) in [6.45, 7) is 0. The van der Waals surface area contributed by atoms with Crippen molar-refractivity contribution in [1.29, 1.82) is 0 Å². The first-order valence-electron chi connectivity index (χ1n) is 5.78. The Hall–Kier alpha value is -2.24. The Kier molecular flexibility index (Phi) is 4.67. The fourth-order valence-electron chi connectivity index (χ4n) is 1.55. The number of amides is 1. The normalized spacial score (nSPS) is 10.8. The largest absolute Gasteiger partial charge is 0.504 e. The number of nitrogens with zero attached hydrogens (tertiary/aromatic N) is 1. The molecule has 5 nitrogen and oxygen atoms in total. The molecule has 2 aromatic carbocycles. The molecule has 0 fully saturated rings. The summed E-state index contributed by atoms with van der Waals surface area (Å²) in [7, 11) is 0. The first-order chi connectivity index (χ1) is 9.99. The number of carbonyl (C=O) groups is 1. The summed E-state index contributed by atoms with van der Waals surface area (Å²) in [5.74, 6) is -1.25. The van der Waals surface area contributed by atoms with Crippen LogP contribution in [0.2, 0.25) is 10.0 Å². The van der Waals surface area contributed by atoms with Crippen molar-refractivity contribution in [1.82, 2.24) is 5.43 Å². The first kappa shape index (κ1) is 15.2. The van der Waals surface area contributed by atoms with Crippen molar-refractivity contribution in [2.24, 2.45) is 5.10 Å². The number of aromatic hydroxyl groups is 2. The maximum absolute atomic E-state index is 11.8. The van der Waals surface area contributed by atoms with Gasteiger partial charge >= 0.3 is 0 Å². The molecular formula is C14H10Cl2N2O3. The van der Waals surface area contributed by atoms with Gasteiger partial charge in [-0.1, -0.05) is 35.3 Å². The number of hydrazone groups is 1. The minimum absolute atomic E-state index is 0.0196. The van der Waals surface area contributed by atoms with Crippen molar-refractivity contribution in [2.75, 3.05) is 0 Å². The van der Waals surface area contributed by atoms with E-state index in [0.717, 1.165) is 0 Å². The maximum atomic E-state index is 11.8. The molecule has 108 valence electrons. The van der Waals surface area contributed by atoms with Crippen molar-refractivity contribution in [2.45, 2.75) is 0 Å². The number of rotatable bonds is 3. The Morgan fingerprint density at radius 3 is 2.52 bits per heavy atom. The van der Waals surface area contributed by atoms with Gasteiger partial charge in [-0.3, -0.25) is 4.79 Å². The average molecular weight is 325 g/mol. The molecule has 0 radical (unpaired) electrons. The fraction of sp³-hybridized carbons (Fsp3) is 0. The zero-order chi connectivity index (χ0) is 15.4. The molecule has 0 heterocycles. The highest BCUT2D eigenvalue weighted by Crippen LogP contribution is 2.33. The van der Waals surface area contributed by atoms with Gasteiger partial charge in [0.1, 0.15) is 0 Å². The van der Waals surface area contributed by atoms with Crippen molar-refractivity contribution < 1.29 is 15.0 Å². The van der Waals surface area contributed by atoms with Gasteiger partial charge in [0.25, 0.3) is 5.91 Å². The van der Waals surface area contributed by atoms with Crippen LogP contribution in [0.3, 0.4) is 0 Å². The van der Waals surface area contributed by atoms with E-state index in [1.54, 1.807) is 24.3 Å². The van der Waals surface area contributed by atoms with E-state index >= 15 is 0 Å². The molecule has 0 saturated heterocycles. The quantitative estimate of drug-likeness (QED) is 0.460. The number of hydrogen-bond donors (Lipinski definition) is 3. The Bertz CT molecular complexity index is 694. The van der Waals surface area contributed by atoms with Gasteiger partial charge in [0.05, 0.1) is 21.8 Å². The van der Waals surface area contributed by atoms with E-state index in [1.165, 1.54) is 18.3 Å². The molecule has 3 N–H and O–H groups in total. The molecule has 0 aliphatic rings. The Balaban J connectivity index is 2.10. The van der Waals surface area contributed by atoms with Gasteiger partial charge in [0, 0.05) is 0 Å². The molecule has 0 unspecified atom stereocenters. The number of carbonyl (C=O) groups excluding carboxylic acids is 1. The molecule has 1 amide bonds. The second-order valence-corrected chi connectivity index (χ2v) is 4.86. The van der Waals surface area contributed by atoms with Gasteiger partial charge in [-0.2, -0.15) is 5.10 Å². The molecule has 7 heteroatoms. The van der Waals surface area contributed by atoms with E-state index in [9.17, 15) is 15.0 Å². The third kappa shape index (κ3) is 3.65. The smallest absolute Gasteiger partial charge is 0.272 e. The lowest BCUT2D eigenvalue weighted by Gasteiger charge is -2.03. The highest BCUT2D eigenvalue weighted by atomic mass is 35.5. The van der Waals surface area contributed by atoms with Crippen LogP contribution in [0.15, 0.2) is 41.5 Å². The number of hydrogen-bond acceptors (Lipinski definition) is 4. The summed E-state index contributed by atoms with van der Waals surface area (Å²) >= 11 is 11.6. The second-order valence-electron chi connectivity index (χ2n) is 4.05. The van der Waals surface area contributed by atoms with Crippen LogP contribution in [0.1, 0.15) is 15.9 Å². The fourth-order valence-corrected chi connectivity index (χ4v) is 1.99. The van der Waals surface area contributed by atoms with Gasteiger partial charge in [-0.05, 0) is 29.8 Å². The molecule has 0 bridgehead atoms. The Labute approximate surface area is 130 Å². The van der Waals surface area contributed by atoms with Gasteiger partial charge < -0.3 is 10.2 Å². The number of benzene rings is 2. The minimum Gasteiger partial charge on any atom is -0.504 e. The molecule has 21 heavy (non-hydrogen) atoms. The van der Waals surface area contributed by atoms with E-state index in [1.807, 2.05) is 0 Å². The summed E-state index contributed by atoms with van der Waals surface area (Å²) in [5, 5.41) is 22.7. The van der Waals surface area contributed by atoms with Crippen LogP contribution < -0.4 is 5.43 Å². The Morgan fingerprint density at radius 1 is 1.14 bits per heavy atom. The second kappa shape index (κ2) is 6.47. The zero-order valence-corrected chi connectivity index (χ0v) is 12.1. The summed E-state index contributed by atoms with van der Waals surface area (Å²) in [5.41, 5.74) is 3.01. The van der Waals surface area contributed by atoms with E-state index in [4.69, 9.17) is 23.2 Å². The molecule has 0 spiro atoms. The average Bonchev–Trinajstić information content (AvgIpc) is 2.45. The molecule has 0 aliphatic heterocycles. The predicted octanol–water partition coefficient (Wildman–Crippen LogP) is 3.17. The van der Waals surface area contributed by atoms with Crippen LogP contribution in [-0.4, -0.2) is 22.3 Å². The highest BCUT2D eigenvalue weighted by molar-refractivity contribution is 6.33. The van der Waals surface area contributed by atoms with Gasteiger partial charge in [0.2, 0.25) is 0 Å². The molecule has 0 aliphatic carbocycles. The number of halogens is 2. The minimum atomic E-state index is -0.467. The van der Waals surface area contributed by atoms with Crippen molar-refractivity contribution >= 4 is 35.3 Å². The van der Waals surface area contributed by atoms with Crippen LogP contribution >= 0.6 is 23.2 Å². The van der Waals surface area contributed by atoms with Crippen molar-refractivity contribution in [3.63, 3.8) is 0 Å². The van der Waals surface area contributed by atoms with E-state index < -0.39 is 11.7 Å². The van der Waals surface area contributed by atoms with Gasteiger partial charge in [0.15, 0.2) is 11.5 Å². The van der Waals surface area contributed by atoms with Crippen LogP contribution in [0.25, 0.3) is 0 Å². The van der Waals surface area contributed by atoms with Crippen molar-refractivity contribution in [3.05, 3.63) is 57.6 Å². The Morgan fingerprint density at radius 2 is 1.86 bits per heavy atom. The van der Waals surface area contributed by atoms with E-state index in [-0.39, 0.29) is 10.8 Å². The lowest BCUT2D eigenvalue weighted by atomic mass is 10.2. The van der Waals surface area contributed by atoms with E-state index in [2.05, 4.69) is 10.5 Å². The van der Waals surface area contributed by atoms with Crippen LogP contribution in [0.5, 0.6) is 11.5 Å². The van der Waals surface area contributed by atoms with Crippen molar-refractivity contribution in [3.8, 4) is 11.5 Å². The topological polar surface area (TPSA) is 81.9 Å². The summed E-state index contributed by atoms with van der Waals surface area (Å²) in [4.78, 5) is 11.8. The summed E-state index contributed by atoms with van der Waals surface area (Å²) in [6.07, 6.45) is 1.28. The molecule has 2 aromatic rings. The predicted molar refractivity (Wildman–Crippen MR) is 81.3 cm³/mol. The molecule has 0 atom stereocenters. The first-order valence-corrected chi connectivity index (χ1v) is 6.54. The van der Waals surface area contributed by atoms with E-state index in [0.29, 0.717) is 16.1 Å². The van der Waals surface area contributed by atoms with Crippen LogP contribution in [0.4, 0.5) is 0 Å². The van der Waals surface area contributed by atoms with Gasteiger partial charge in [-0.25, -0.2) is 5.43 Å². The number of phenolic OH excluding ortho intramolecular Hbond substituents is 2. The third-order valence-electron chi connectivity index (χ3n) is 2.56. The monoisotopic (exact) mass is 324 g/mol. The standard InChI is InChI=1S/C14H10Cl2N2O3/c15-10-4-2-1-3-9(10)14(21)18-17-7-8-5-11(16)13(20)12(19)6-8/h1-7,19-20H,(H,18,21)/b17-7+. The molecule has 0 aromatic heterocycles. The number of nitrogens with one attached hydrogen (secondary N) is 1. The van der Waals surface area contributed by atoms with Crippen LogP contribution in [0, 0.1) is 0 Å².